The molecule has 1 aliphatic rings. The van der Waals surface area contributed by atoms with E-state index in [1.54, 1.807) is 0 Å². The summed E-state index contributed by atoms with van der Waals surface area (Å²) in [6, 6.07) is 8.00. The van der Waals surface area contributed by atoms with Crippen LogP contribution < -0.4 is 5.32 Å². The molecule has 29 heavy (non-hydrogen) atoms. The van der Waals surface area contributed by atoms with E-state index in [-0.39, 0.29) is 30.3 Å². The molecule has 0 aromatic heterocycles. The van der Waals surface area contributed by atoms with Gasteiger partial charge in [-0.2, -0.15) is 0 Å². The first-order chi connectivity index (χ1) is 13.8. The highest BCUT2D eigenvalue weighted by atomic mass is 16.5. The lowest BCUT2D eigenvalue weighted by Gasteiger charge is -2.28. The van der Waals surface area contributed by atoms with E-state index in [0.717, 1.165) is 5.56 Å². The van der Waals surface area contributed by atoms with E-state index < -0.39 is 18.2 Å². The van der Waals surface area contributed by atoms with E-state index >= 15 is 0 Å². The third-order valence-electron chi connectivity index (χ3n) is 4.65. The minimum atomic E-state index is -0.689. The molecule has 0 radical (unpaired) electrons. The Balaban J connectivity index is 1.92. The maximum absolute atomic E-state index is 12.8. The van der Waals surface area contributed by atoms with Gasteiger partial charge < -0.3 is 19.7 Å². The standard InChI is InChI=1S/C22H32N2O5/c1-15(2)12-19(21(26)28-13-16(3)4)24-11-10-18(20(24)25)23-22(27)29-14-17-8-6-5-7-9-17/h5-9,15-16,18-19H,10-14H2,1-4H3,(H,23,27)/t18-,19-/m0/s1. The normalized spacial score (nSPS) is 17.5. The van der Waals surface area contributed by atoms with Crippen LogP contribution in [0.3, 0.4) is 0 Å². The van der Waals surface area contributed by atoms with Gasteiger partial charge >= 0.3 is 12.1 Å². The Morgan fingerprint density at radius 2 is 1.79 bits per heavy atom. The zero-order chi connectivity index (χ0) is 21.4. The molecule has 0 aliphatic carbocycles. The van der Waals surface area contributed by atoms with Crippen molar-refractivity contribution in [2.24, 2.45) is 11.8 Å². The molecule has 7 heteroatoms. The molecule has 0 bridgehead atoms. The molecule has 1 fully saturated rings. The number of nitrogens with one attached hydrogen (secondary N) is 1. The van der Waals surface area contributed by atoms with Crippen molar-refractivity contribution >= 4 is 18.0 Å². The number of alkyl carbamates (subject to hydrolysis) is 1. The summed E-state index contributed by atoms with van der Waals surface area (Å²) < 4.78 is 10.6. The monoisotopic (exact) mass is 404 g/mol. The lowest BCUT2D eigenvalue weighted by molar-refractivity contribution is -0.155. The number of likely N-dealkylation sites (tertiary alicyclic amines) is 1. The van der Waals surface area contributed by atoms with Crippen LogP contribution >= 0.6 is 0 Å². The van der Waals surface area contributed by atoms with Crippen molar-refractivity contribution in [3.8, 4) is 0 Å². The zero-order valence-electron chi connectivity index (χ0n) is 17.7. The van der Waals surface area contributed by atoms with E-state index in [9.17, 15) is 14.4 Å². The van der Waals surface area contributed by atoms with Gasteiger partial charge in [0.15, 0.2) is 0 Å². The van der Waals surface area contributed by atoms with Crippen molar-refractivity contribution in [2.75, 3.05) is 13.2 Å². The molecule has 2 rings (SSSR count). The van der Waals surface area contributed by atoms with Gasteiger partial charge in [0.05, 0.1) is 6.61 Å². The molecule has 1 aliphatic heterocycles. The van der Waals surface area contributed by atoms with Gasteiger partial charge in [0.25, 0.3) is 0 Å². The number of ether oxygens (including phenoxy) is 2. The van der Waals surface area contributed by atoms with Gasteiger partial charge in [0, 0.05) is 6.54 Å². The molecule has 0 spiro atoms. The number of esters is 1. The first-order valence-corrected chi connectivity index (χ1v) is 10.2. The SMILES string of the molecule is CC(C)COC(=O)[C@H](CC(C)C)N1CC[C@H](NC(=O)OCc2ccccc2)C1=O. The number of carbonyl (C=O) groups is 3. The summed E-state index contributed by atoms with van der Waals surface area (Å²) in [5, 5.41) is 2.62. The van der Waals surface area contributed by atoms with Crippen molar-refractivity contribution in [1.82, 2.24) is 10.2 Å². The van der Waals surface area contributed by atoms with E-state index in [1.807, 2.05) is 58.0 Å². The third kappa shape index (κ3) is 7.07. The first-order valence-electron chi connectivity index (χ1n) is 10.2. The van der Waals surface area contributed by atoms with E-state index in [2.05, 4.69) is 5.32 Å². The summed E-state index contributed by atoms with van der Waals surface area (Å²) in [5.41, 5.74) is 0.868. The summed E-state index contributed by atoms with van der Waals surface area (Å²) in [6.45, 7) is 8.79. The fourth-order valence-corrected chi connectivity index (χ4v) is 3.19. The summed E-state index contributed by atoms with van der Waals surface area (Å²) >= 11 is 0. The Morgan fingerprint density at radius 3 is 2.41 bits per heavy atom. The van der Waals surface area contributed by atoms with Gasteiger partial charge in [-0.25, -0.2) is 9.59 Å². The molecule has 0 unspecified atom stereocenters. The van der Waals surface area contributed by atoms with Crippen LogP contribution in [-0.4, -0.2) is 48.1 Å². The highest BCUT2D eigenvalue weighted by Crippen LogP contribution is 2.21. The second kappa shape index (κ2) is 10.8. The molecule has 160 valence electrons. The van der Waals surface area contributed by atoms with Crippen molar-refractivity contribution in [3.63, 3.8) is 0 Å². The molecule has 1 aromatic carbocycles. The molecule has 2 amide bonds. The number of hydrogen-bond acceptors (Lipinski definition) is 5. The Labute approximate surface area is 172 Å². The summed E-state index contributed by atoms with van der Waals surface area (Å²) in [7, 11) is 0. The molecule has 1 saturated heterocycles. The Morgan fingerprint density at radius 1 is 1.10 bits per heavy atom. The van der Waals surface area contributed by atoms with Gasteiger partial charge in [-0.3, -0.25) is 4.79 Å². The highest BCUT2D eigenvalue weighted by Gasteiger charge is 2.40. The number of rotatable bonds is 9. The second-order valence-corrected chi connectivity index (χ2v) is 8.25. The minimum absolute atomic E-state index is 0.134. The smallest absolute Gasteiger partial charge is 0.408 e. The minimum Gasteiger partial charge on any atom is -0.464 e. The van der Waals surface area contributed by atoms with Crippen LogP contribution in [0.1, 0.15) is 46.1 Å². The van der Waals surface area contributed by atoms with Crippen molar-refractivity contribution in [2.45, 2.75) is 59.2 Å². The van der Waals surface area contributed by atoms with Gasteiger partial charge in [0.1, 0.15) is 18.7 Å². The second-order valence-electron chi connectivity index (χ2n) is 8.25. The number of hydrogen-bond donors (Lipinski definition) is 1. The van der Waals surface area contributed by atoms with Crippen LogP contribution in [0.5, 0.6) is 0 Å². The average molecular weight is 405 g/mol. The Hall–Kier alpha value is -2.57. The van der Waals surface area contributed by atoms with Gasteiger partial charge in [-0.1, -0.05) is 58.0 Å². The number of amides is 2. The fourth-order valence-electron chi connectivity index (χ4n) is 3.19. The van der Waals surface area contributed by atoms with Gasteiger partial charge in [0.2, 0.25) is 5.91 Å². The zero-order valence-corrected chi connectivity index (χ0v) is 17.7. The van der Waals surface area contributed by atoms with Crippen LogP contribution in [-0.2, 0) is 25.7 Å². The highest BCUT2D eigenvalue weighted by molar-refractivity contribution is 5.91. The lowest BCUT2D eigenvalue weighted by Crippen LogP contribution is -2.48. The van der Waals surface area contributed by atoms with Gasteiger partial charge in [-0.05, 0) is 30.2 Å². The number of nitrogens with zero attached hydrogens (tertiary/aromatic N) is 1. The predicted molar refractivity (Wildman–Crippen MR) is 109 cm³/mol. The molecule has 2 atom stereocenters. The molecule has 1 N–H and O–H groups in total. The topological polar surface area (TPSA) is 84.9 Å². The number of carbonyl (C=O) groups excluding carboxylic acids is 3. The predicted octanol–water partition coefficient (Wildman–Crippen LogP) is 3.13. The fraction of sp³-hybridized carbons (Fsp3) is 0.591. The molecule has 1 aromatic rings. The average Bonchev–Trinajstić information content (AvgIpc) is 3.03. The molecular weight excluding hydrogens is 372 g/mol. The third-order valence-corrected chi connectivity index (χ3v) is 4.65. The molecule has 0 saturated carbocycles. The van der Waals surface area contributed by atoms with E-state index in [1.165, 1.54) is 4.90 Å². The molecular formula is C22H32N2O5. The number of benzene rings is 1. The van der Waals surface area contributed by atoms with Crippen LogP contribution in [0, 0.1) is 11.8 Å². The van der Waals surface area contributed by atoms with Crippen molar-refractivity contribution in [3.05, 3.63) is 35.9 Å². The van der Waals surface area contributed by atoms with Crippen LogP contribution in [0.25, 0.3) is 0 Å². The molecule has 7 nitrogen and oxygen atoms in total. The summed E-state index contributed by atoms with van der Waals surface area (Å²) in [4.78, 5) is 39.0. The summed E-state index contributed by atoms with van der Waals surface area (Å²) in [5.74, 6) is -0.203. The molecule has 1 heterocycles. The van der Waals surface area contributed by atoms with Crippen LogP contribution in [0.2, 0.25) is 0 Å². The lowest BCUT2D eigenvalue weighted by atomic mass is 10.0. The van der Waals surface area contributed by atoms with Crippen molar-refractivity contribution < 1.29 is 23.9 Å². The maximum atomic E-state index is 12.8. The van der Waals surface area contributed by atoms with Crippen molar-refractivity contribution in [1.29, 1.82) is 0 Å². The van der Waals surface area contributed by atoms with Gasteiger partial charge in [-0.15, -0.1) is 0 Å². The maximum Gasteiger partial charge on any atom is 0.408 e. The largest absolute Gasteiger partial charge is 0.464 e. The Kier molecular flexibility index (Phi) is 8.49. The first kappa shape index (κ1) is 22.7. The van der Waals surface area contributed by atoms with Crippen LogP contribution in [0.4, 0.5) is 4.79 Å². The van der Waals surface area contributed by atoms with E-state index in [0.29, 0.717) is 26.0 Å². The Bertz CT molecular complexity index is 690. The van der Waals surface area contributed by atoms with E-state index in [4.69, 9.17) is 9.47 Å². The van der Waals surface area contributed by atoms with Crippen LogP contribution in [0.15, 0.2) is 30.3 Å². The quantitative estimate of drug-likeness (QED) is 0.639. The summed E-state index contributed by atoms with van der Waals surface area (Å²) in [6.07, 6.45) is 0.316.